The first-order chi connectivity index (χ1) is 9.51. The van der Waals surface area contributed by atoms with Gasteiger partial charge in [-0.25, -0.2) is 4.98 Å². The van der Waals surface area contributed by atoms with Gasteiger partial charge in [0.1, 0.15) is 0 Å². The second-order valence-corrected chi connectivity index (χ2v) is 5.28. The average Bonchev–Trinajstić information content (AvgIpc) is 2.58. The molecule has 0 saturated carbocycles. The fourth-order valence-corrected chi connectivity index (χ4v) is 2.41. The zero-order valence-corrected chi connectivity index (χ0v) is 12.3. The smallest absolute Gasteiger partial charge is 0.331 e. The fraction of sp³-hybridized carbons (Fsp3) is 0.643. The molecule has 20 heavy (non-hydrogen) atoms. The number of fused-ring (bicyclic) bond motifs is 1. The van der Waals surface area contributed by atoms with Gasteiger partial charge in [-0.15, -0.1) is 0 Å². The maximum atomic E-state index is 11.2. The molecule has 0 amide bonds. The summed E-state index contributed by atoms with van der Waals surface area (Å²) in [5.41, 5.74) is 1.88. The largest absolute Gasteiger partial charge is 0.470 e. The molecule has 1 aromatic heterocycles. The van der Waals surface area contributed by atoms with Gasteiger partial charge < -0.3 is 9.64 Å². The topological polar surface area (TPSA) is 68.5 Å². The van der Waals surface area contributed by atoms with Crippen molar-refractivity contribution in [1.82, 2.24) is 9.88 Å². The Hall–Kier alpha value is -1.69. The third-order valence-electron chi connectivity index (χ3n) is 3.49. The first-order valence-electron chi connectivity index (χ1n) is 7.07. The maximum absolute atomic E-state index is 11.2. The molecule has 0 unspecified atom stereocenters. The Kier molecular flexibility index (Phi) is 4.54. The molecule has 2 rings (SSSR count). The van der Waals surface area contributed by atoms with Crippen LogP contribution in [-0.4, -0.2) is 40.5 Å². The molecule has 0 aliphatic carbocycles. The highest BCUT2D eigenvalue weighted by molar-refractivity contribution is 5.46. The number of nitro groups is 1. The molecule has 1 aromatic rings. The minimum Gasteiger partial charge on any atom is -0.470 e. The number of likely N-dealkylation sites (N-methyl/N-ethyl adjacent to an activating group) is 1. The minimum atomic E-state index is -0.409. The van der Waals surface area contributed by atoms with Crippen LogP contribution < -0.4 is 4.74 Å². The van der Waals surface area contributed by atoms with E-state index in [2.05, 4.69) is 16.8 Å². The van der Waals surface area contributed by atoms with Crippen molar-refractivity contribution in [3.63, 3.8) is 0 Å². The van der Waals surface area contributed by atoms with Crippen LogP contribution in [0.15, 0.2) is 6.07 Å². The van der Waals surface area contributed by atoms with Crippen LogP contribution in [0.1, 0.15) is 32.0 Å². The maximum Gasteiger partial charge on any atom is 0.331 e. The molecule has 0 aromatic carbocycles. The van der Waals surface area contributed by atoms with Gasteiger partial charge in [-0.3, -0.25) is 10.1 Å². The minimum absolute atomic E-state index is 0.0256. The summed E-state index contributed by atoms with van der Waals surface area (Å²) in [7, 11) is 0. The number of hydrogen-bond donors (Lipinski definition) is 0. The lowest BCUT2D eigenvalue weighted by Gasteiger charge is -2.15. The number of ether oxygens (including phenoxy) is 1. The van der Waals surface area contributed by atoms with E-state index in [1.807, 2.05) is 13.8 Å². The van der Waals surface area contributed by atoms with Gasteiger partial charge in [-0.05, 0) is 32.4 Å². The van der Waals surface area contributed by atoms with Gasteiger partial charge in [0.05, 0.1) is 11.0 Å². The van der Waals surface area contributed by atoms with Gasteiger partial charge in [0.2, 0.25) is 0 Å². The Morgan fingerprint density at radius 3 is 2.75 bits per heavy atom. The highest BCUT2D eigenvalue weighted by Crippen LogP contribution is 2.29. The normalized spacial score (nSPS) is 15.8. The van der Waals surface area contributed by atoms with E-state index in [9.17, 15) is 10.1 Å². The van der Waals surface area contributed by atoms with Crippen LogP contribution in [0.25, 0.3) is 0 Å². The molecule has 0 radical (unpaired) electrons. The summed E-state index contributed by atoms with van der Waals surface area (Å²) in [6.07, 6.45) is 1.49. The Balaban J connectivity index is 2.36. The van der Waals surface area contributed by atoms with Gasteiger partial charge in [0.15, 0.2) is 0 Å². The lowest BCUT2D eigenvalue weighted by atomic mass is 10.1. The summed E-state index contributed by atoms with van der Waals surface area (Å²) >= 11 is 0. The summed E-state index contributed by atoms with van der Waals surface area (Å²) in [6, 6.07) is 1.64. The molecule has 0 bridgehead atoms. The number of rotatable bonds is 4. The van der Waals surface area contributed by atoms with Crippen LogP contribution in [0.5, 0.6) is 5.88 Å². The van der Waals surface area contributed by atoms with Crippen molar-refractivity contribution in [2.45, 2.75) is 39.7 Å². The summed E-state index contributed by atoms with van der Waals surface area (Å²) in [5.74, 6) is 0.147. The summed E-state index contributed by atoms with van der Waals surface area (Å²) in [4.78, 5) is 17.5. The van der Waals surface area contributed by atoms with Crippen molar-refractivity contribution < 1.29 is 9.66 Å². The standard InChI is InChI=1S/C14H21N3O3/c1-4-16-7-5-11-9-13(17(18)19)14(20-10(2)3)15-12(11)6-8-16/h9-10H,4-8H2,1-3H3. The SMILES string of the molecule is CCN1CCc2cc([N+](=O)[O-])c(OC(C)C)nc2CC1. The molecule has 6 nitrogen and oxygen atoms in total. The fourth-order valence-electron chi connectivity index (χ4n) is 2.41. The molecule has 0 saturated heterocycles. The molecule has 1 aliphatic rings. The lowest BCUT2D eigenvalue weighted by Crippen LogP contribution is -2.25. The molecule has 110 valence electrons. The van der Waals surface area contributed by atoms with Crippen molar-refractivity contribution in [1.29, 1.82) is 0 Å². The predicted molar refractivity (Wildman–Crippen MR) is 76.2 cm³/mol. The third kappa shape index (κ3) is 3.25. The van der Waals surface area contributed by atoms with Gasteiger partial charge in [0, 0.05) is 31.3 Å². The van der Waals surface area contributed by atoms with Crippen molar-refractivity contribution >= 4 is 5.69 Å². The molecule has 1 aliphatic heterocycles. The van der Waals surface area contributed by atoms with Crippen molar-refractivity contribution in [2.24, 2.45) is 0 Å². The zero-order valence-electron chi connectivity index (χ0n) is 12.3. The van der Waals surface area contributed by atoms with Crippen LogP contribution in [0, 0.1) is 10.1 Å². The Labute approximate surface area is 118 Å². The Morgan fingerprint density at radius 1 is 1.45 bits per heavy atom. The van der Waals surface area contributed by atoms with Crippen LogP contribution in [0.2, 0.25) is 0 Å². The van der Waals surface area contributed by atoms with Gasteiger partial charge >= 0.3 is 5.69 Å². The van der Waals surface area contributed by atoms with Gasteiger partial charge in [-0.1, -0.05) is 6.92 Å². The average molecular weight is 279 g/mol. The van der Waals surface area contributed by atoms with Crippen LogP contribution >= 0.6 is 0 Å². The zero-order chi connectivity index (χ0) is 14.7. The number of aromatic nitrogens is 1. The Bertz CT molecular complexity index is 503. The van der Waals surface area contributed by atoms with E-state index in [0.29, 0.717) is 0 Å². The first-order valence-corrected chi connectivity index (χ1v) is 7.07. The van der Waals surface area contributed by atoms with Crippen molar-refractivity contribution in [3.05, 3.63) is 27.4 Å². The molecule has 0 fully saturated rings. The van der Waals surface area contributed by atoms with Crippen LogP contribution in [-0.2, 0) is 12.8 Å². The second kappa shape index (κ2) is 6.17. The van der Waals surface area contributed by atoms with E-state index in [0.717, 1.165) is 43.7 Å². The van der Waals surface area contributed by atoms with E-state index in [1.165, 1.54) is 0 Å². The monoisotopic (exact) mass is 279 g/mol. The highest BCUT2D eigenvalue weighted by Gasteiger charge is 2.24. The summed E-state index contributed by atoms with van der Waals surface area (Å²) < 4.78 is 5.50. The molecular weight excluding hydrogens is 258 g/mol. The molecular formula is C14H21N3O3. The van der Waals surface area contributed by atoms with E-state index >= 15 is 0 Å². The van der Waals surface area contributed by atoms with Gasteiger partial charge in [-0.2, -0.15) is 0 Å². The van der Waals surface area contributed by atoms with Gasteiger partial charge in [0.25, 0.3) is 5.88 Å². The van der Waals surface area contributed by atoms with Crippen LogP contribution in [0.3, 0.4) is 0 Å². The molecule has 0 atom stereocenters. The molecule has 0 N–H and O–H groups in total. The lowest BCUT2D eigenvalue weighted by molar-refractivity contribution is -0.386. The quantitative estimate of drug-likeness (QED) is 0.624. The van der Waals surface area contributed by atoms with Crippen LogP contribution in [0.4, 0.5) is 5.69 Å². The third-order valence-corrected chi connectivity index (χ3v) is 3.49. The Morgan fingerprint density at radius 2 is 2.15 bits per heavy atom. The summed E-state index contributed by atoms with van der Waals surface area (Å²) in [6.45, 7) is 8.67. The number of nitrogens with zero attached hydrogens (tertiary/aromatic N) is 3. The second-order valence-electron chi connectivity index (χ2n) is 5.28. The molecule has 2 heterocycles. The van der Waals surface area contributed by atoms with E-state index < -0.39 is 4.92 Å². The summed E-state index contributed by atoms with van der Waals surface area (Å²) in [5, 5.41) is 11.2. The van der Waals surface area contributed by atoms with E-state index in [-0.39, 0.29) is 17.7 Å². The highest BCUT2D eigenvalue weighted by atomic mass is 16.6. The van der Waals surface area contributed by atoms with Crippen molar-refractivity contribution in [2.75, 3.05) is 19.6 Å². The molecule has 6 heteroatoms. The van der Waals surface area contributed by atoms with Crippen molar-refractivity contribution in [3.8, 4) is 5.88 Å². The molecule has 0 spiro atoms. The van der Waals surface area contributed by atoms with E-state index in [4.69, 9.17) is 4.74 Å². The number of pyridine rings is 1. The predicted octanol–water partition coefficient (Wildman–Crippen LogP) is 2.20. The van der Waals surface area contributed by atoms with E-state index in [1.54, 1.807) is 6.07 Å². The first kappa shape index (κ1) is 14.7. The number of hydrogen-bond acceptors (Lipinski definition) is 5.